The largest absolute Gasteiger partial charge is 0.354 e. The van der Waals surface area contributed by atoms with Crippen LogP contribution in [0.15, 0.2) is 59.4 Å². The van der Waals surface area contributed by atoms with Gasteiger partial charge in [0.25, 0.3) is 0 Å². The lowest BCUT2D eigenvalue weighted by Gasteiger charge is -2.15. The van der Waals surface area contributed by atoms with Gasteiger partial charge >= 0.3 is 0 Å². The van der Waals surface area contributed by atoms with Crippen LogP contribution in [0, 0.1) is 18.3 Å². The van der Waals surface area contributed by atoms with Crippen molar-refractivity contribution < 1.29 is 4.52 Å². The highest BCUT2D eigenvalue weighted by atomic mass is 16.5. The van der Waals surface area contributed by atoms with E-state index in [0.29, 0.717) is 28.9 Å². The fourth-order valence-corrected chi connectivity index (χ4v) is 3.68. The number of aryl methyl sites for hydroxylation is 1. The Morgan fingerprint density at radius 2 is 1.85 bits per heavy atom. The molecule has 0 amide bonds. The van der Waals surface area contributed by atoms with Gasteiger partial charge in [0.1, 0.15) is 11.4 Å². The van der Waals surface area contributed by atoms with E-state index in [-0.39, 0.29) is 0 Å². The van der Waals surface area contributed by atoms with Gasteiger partial charge in [-0.2, -0.15) is 5.26 Å². The molecule has 0 atom stereocenters. The standard InChI is InChI=1S/C27H26N6O/c1-17-26(32-23(15-30-17)20-10-11-29-25(12-20)27(2,3)16-28)24-13-22(33-34-24)19-6-4-18(5-7-19)14-31-21-8-9-21/h4-7,10-13,15,21,31H,8-9,14H2,1-3H3. The summed E-state index contributed by atoms with van der Waals surface area (Å²) in [6, 6.07) is 17.0. The van der Waals surface area contributed by atoms with Crippen LogP contribution >= 0.6 is 0 Å². The Hall–Kier alpha value is -3.89. The number of hydrogen-bond acceptors (Lipinski definition) is 7. The molecular formula is C27H26N6O. The third-order valence-electron chi connectivity index (χ3n) is 6.10. The van der Waals surface area contributed by atoms with E-state index < -0.39 is 5.41 Å². The average molecular weight is 451 g/mol. The number of nitrogens with zero attached hydrogens (tertiary/aromatic N) is 5. The molecule has 0 unspecified atom stereocenters. The lowest BCUT2D eigenvalue weighted by Crippen LogP contribution is -2.15. The lowest BCUT2D eigenvalue weighted by molar-refractivity contribution is 0.433. The van der Waals surface area contributed by atoms with Gasteiger partial charge in [-0.1, -0.05) is 29.4 Å². The maximum Gasteiger partial charge on any atom is 0.187 e. The first-order valence-corrected chi connectivity index (χ1v) is 11.4. The van der Waals surface area contributed by atoms with Gasteiger partial charge in [0, 0.05) is 36.0 Å². The predicted molar refractivity (Wildman–Crippen MR) is 129 cm³/mol. The van der Waals surface area contributed by atoms with Crippen molar-refractivity contribution in [3.05, 3.63) is 71.8 Å². The fraction of sp³-hybridized carbons (Fsp3) is 0.296. The first-order chi connectivity index (χ1) is 16.4. The Morgan fingerprint density at radius 3 is 2.59 bits per heavy atom. The Morgan fingerprint density at radius 1 is 1.06 bits per heavy atom. The number of nitriles is 1. The molecule has 3 aromatic heterocycles. The van der Waals surface area contributed by atoms with Crippen molar-refractivity contribution >= 4 is 0 Å². The summed E-state index contributed by atoms with van der Waals surface area (Å²) >= 11 is 0. The smallest absolute Gasteiger partial charge is 0.187 e. The van der Waals surface area contributed by atoms with Crippen molar-refractivity contribution in [2.75, 3.05) is 0 Å². The van der Waals surface area contributed by atoms with Gasteiger partial charge in [-0.15, -0.1) is 0 Å². The van der Waals surface area contributed by atoms with Crippen molar-refractivity contribution in [2.24, 2.45) is 0 Å². The van der Waals surface area contributed by atoms with Crippen LogP contribution in [0.1, 0.15) is 43.6 Å². The average Bonchev–Trinajstić information content (AvgIpc) is 3.57. The number of nitrogens with one attached hydrogen (secondary N) is 1. The maximum absolute atomic E-state index is 9.46. The Balaban J connectivity index is 1.41. The molecule has 0 spiro atoms. The predicted octanol–water partition coefficient (Wildman–Crippen LogP) is 5.22. The number of benzene rings is 1. The van der Waals surface area contributed by atoms with E-state index >= 15 is 0 Å². The van der Waals surface area contributed by atoms with E-state index in [2.05, 4.69) is 50.8 Å². The van der Waals surface area contributed by atoms with E-state index in [0.717, 1.165) is 29.1 Å². The van der Waals surface area contributed by atoms with Crippen molar-refractivity contribution in [1.29, 1.82) is 5.26 Å². The number of hydrogen-bond donors (Lipinski definition) is 1. The first kappa shape index (κ1) is 21.9. The molecule has 3 heterocycles. The van der Waals surface area contributed by atoms with Crippen LogP contribution < -0.4 is 5.32 Å². The SMILES string of the molecule is Cc1ncc(-c2ccnc(C(C)(C)C#N)c2)nc1-c1cc(-c2ccc(CNC3CC3)cc2)no1. The highest BCUT2D eigenvalue weighted by Crippen LogP contribution is 2.30. The number of pyridine rings is 1. The van der Waals surface area contributed by atoms with E-state index in [1.165, 1.54) is 18.4 Å². The Kier molecular flexibility index (Phi) is 5.68. The van der Waals surface area contributed by atoms with E-state index in [9.17, 15) is 5.26 Å². The molecule has 1 aliphatic rings. The maximum atomic E-state index is 9.46. The molecule has 5 rings (SSSR count). The first-order valence-electron chi connectivity index (χ1n) is 11.4. The zero-order valence-electron chi connectivity index (χ0n) is 19.5. The van der Waals surface area contributed by atoms with Crippen LogP contribution in [0.25, 0.3) is 34.0 Å². The molecule has 1 N–H and O–H groups in total. The molecule has 7 heteroatoms. The van der Waals surface area contributed by atoms with E-state index in [1.807, 2.05) is 39.0 Å². The summed E-state index contributed by atoms with van der Waals surface area (Å²) in [5.74, 6) is 0.563. The van der Waals surface area contributed by atoms with Crippen LogP contribution in [-0.4, -0.2) is 26.2 Å². The van der Waals surface area contributed by atoms with Gasteiger partial charge < -0.3 is 9.84 Å². The normalized spacial score (nSPS) is 13.6. The topological polar surface area (TPSA) is 101 Å². The molecule has 4 aromatic rings. The van der Waals surface area contributed by atoms with Gasteiger partial charge in [0.05, 0.1) is 34.8 Å². The molecule has 0 saturated heterocycles. The minimum atomic E-state index is -0.694. The molecule has 34 heavy (non-hydrogen) atoms. The summed E-state index contributed by atoms with van der Waals surface area (Å²) in [5.41, 5.74) is 5.91. The van der Waals surface area contributed by atoms with Crippen molar-refractivity contribution in [3.63, 3.8) is 0 Å². The van der Waals surface area contributed by atoms with Gasteiger partial charge in [-0.25, -0.2) is 4.98 Å². The second-order valence-electron chi connectivity index (χ2n) is 9.28. The highest BCUT2D eigenvalue weighted by Gasteiger charge is 2.23. The highest BCUT2D eigenvalue weighted by molar-refractivity contribution is 5.68. The van der Waals surface area contributed by atoms with E-state index in [4.69, 9.17) is 9.51 Å². The summed E-state index contributed by atoms with van der Waals surface area (Å²) in [5, 5.41) is 17.3. The third kappa shape index (κ3) is 4.59. The third-order valence-corrected chi connectivity index (χ3v) is 6.10. The van der Waals surface area contributed by atoms with Crippen molar-refractivity contribution in [1.82, 2.24) is 25.4 Å². The molecule has 7 nitrogen and oxygen atoms in total. The number of aromatic nitrogens is 4. The molecule has 1 aromatic carbocycles. The van der Waals surface area contributed by atoms with Crippen LogP contribution in [0.2, 0.25) is 0 Å². The molecule has 170 valence electrons. The Labute approximate surface area is 198 Å². The second kappa shape index (κ2) is 8.81. The second-order valence-corrected chi connectivity index (χ2v) is 9.28. The molecule has 0 radical (unpaired) electrons. The van der Waals surface area contributed by atoms with Crippen LogP contribution in [-0.2, 0) is 12.0 Å². The van der Waals surface area contributed by atoms with Crippen LogP contribution in [0.5, 0.6) is 0 Å². The lowest BCUT2D eigenvalue weighted by atomic mass is 9.90. The van der Waals surface area contributed by atoms with Gasteiger partial charge in [-0.05, 0) is 51.3 Å². The van der Waals surface area contributed by atoms with Crippen molar-refractivity contribution in [3.8, 4) is 40.0 Å². The summed E-state index contributed by atoms with van der Waals surface area (Å²) < 4.78 is 5.67. The summed E-state index contributed by atoms with van der Waals surface area (Å²) in [6.45, 7) is 6.47. The number of rotatable bonds is 7. The molecule has 1 saturated carbocycles. The van der Waals surface area contributed by atoms with Crippen LogP contribution in [0.3, 0.4) is 0 Å². The molecule has 0 aliphatic heterocycles. The molecular weight excluding hydrogens is 424 g/mol. The quantitative estimate of drug-likeness (QED) is 0.412. The molecule has 1 aliphatic carbocycles. The zero-order valence-corrected chi connectivity index (χ0v) is 19.5. The minimum absolute atomic E-state index is 0.563. The molecule has 0 bridgehead atoms. The monoisotopic (exact) mass is 450 g/mol. The van der Waals surface area contributed by atoms with E-state index in [1.54, 1.807) is 12.4 Å². The fourth-order valence-electron chi connectivity index (χ4n) is 3.68. The Bertz CT molecular complexity index is 1360. The van der Waals surface area contributed by atoms with Gasteiger partial charge in [-0.3, -0.25) is 9.97 Å². The zero-order chi connectivity index (χ0) is 23.7. The van der Waals surface area contributed by atoms with Gasteiger partial charge in [0.15, 0.2) is 5.76 Å². The minimum Gasteiger partial charge on any atom is -0.354 e. The van der Waals surface area contributed by atoms with Crippen molar-refractivity contribution in [2.45, 2.75) is 51.6 Å². The summed E-state index contributed by atoms with van der Waals surface area (Å²) in [7, 11) is 0. The molecule has 1 fully saturated rings. The van der Waals surface area contributed by atoms with Gasteiger partial charge in [0.2, 0.25) is 0 Å². The summed E-state index contributed by atoms with van der Waals surface area (Å²) in [4.78, 5) is 13.7. The van der Waals surface area contributed by atoms with Crippen LogP contribution in [0.4, 0.5) is 0 Å². The summed E-state index contributed by atoms with van der Waals surface area (Å²) in [6.07, 6.45) is 5.98.